The second kappa shape index (κ2) is 5.97. The van der Waals surface area contributed by atoms with Gasteiger partial charge in [-0.15, -0.1) is 0 Å². The van der Waals surface area contributed by atoms with E-state index in [1.807, 2.05) is 16.8 Å². The van der Waals surface area contributed by atoms with Crippen LogP contribution in [0.15, 0.2) is 16.8 Å². The number of nitrogens with two attached hydrogens (primary N) is 1. The first-order chi connectivity index (χ1) is 7.47. The van der Waals surface area contributed by atoms with Gasteiger partial charge in [-0.05, 0) is 28.8 Å². The molecule has 1 aromatic rings. The van der Waals surface area contributed by atoms with Gasteiger partial charge in [0.05, 0.1) is 12.2 Å². The zero-order valence-corrected chi connectivity index (χ0v) is 10.3. The molecule has 0 saturated carbocycles. The molecule has 0 saturated heterocycles. The maximum Gasteiger partial charge on any atom is 0.224 e. The SMILES string of the molecule is NS(=O)(=O)CCCNC(=O)Cc1ccsc1. The number of amides is 1. The molecule has 0 radical (unpaired) electrons. The van der Waals surface area contributed by atoms with Crippen molar-refractivity contribution < 1.29 is 13.2 Å². The first-order valence-corrected chi connectivity index (χ1v) is 7.41. The van der Waals surface area contributed by atoms with Crippen molar-refractivity contribution in [2.75, 3.05) is 12.3 Å². The highest BCUT2D eigenvalue weighted by atomic mass is 32.2. The van der Waals surface area contributed by atoms with Gasteiger partial charge in [0.1, 0.15) is 0 Å². The van der Waals surface area contributed by atoms with Gasteiger partial charge in [0, 0.05) is 6.54 Å². The van der Waals surface area contributed by atoms with Crippen molar-refractivity contribution in [1.82, 2.24) is 5.32 Å². The van der Waals surface area contributed by atoms with E-state index >= 15 is 0 Å². The minimum absolute atomic E-state index is 0.104. The van der Waals surface area contributed by atoms with Crippen molar-refractivity contribution in [3.63, 3.8) is 0 Å². The van der Waals surface area contributed by atoms with Crippen LogP contribution < -0.4 is 10.5 Å². The molecule has 1 heterocycles. The molecular formula is C9H14N2O3S2. The Morgan fingerprint density at radius 3 is 2.81 bits per heavy atom. The average Bonchev–Trinajstić information content (AvgIpc) is 2.63. The average molecular weight is 262 g/mol. The Kier molecular flexibility index (Phi) is 4.91. The van der Waals surface area contributed by atoms with Crippen LogP contribution >= 0.6 is 11.3 Å². The number of thiophene rings is 1. The van der Waals surface area contributed by atoms with Crippen molar-refractivity contribution in [2.24, 2.45) is 5.14 Å². The maximum absolute atomic E-state index is 11.3. The molecule has 1 aromatic heterocycles. The van der Waals surface area contributed by atoms with E-state index in [0.717, 1.165) is 5.56 Å². The van der Waals surface area contributed by atoms with Crippen LogP contribution in [0.1, 0.15) is 12.0 Å². The summed E-state index contributed by atoms with van der Waals surface area (Å²) in [6.45, 7) is 0.333. The van der Waals surface area contributed by atoms with Gasteiger partial charge in [-0.25, -0.2) is 13.6 Å². The van der Waals surface area contributed by atoms with Gasteiger partial charge in [-0.2, -0.15) is 11.3 Å². The summed E-state index contributed by atoms with van der Waals surface area (Å²) in [6.07, 6.45) is 0.674. The molecule has 90 valence electrons. The summed E-state index contributed by atoms with van der Waals surface area (Å²) in [4.78, 5) is 11.3. The zero-order chi connectivity index (χ0) is 12.0. The number of sulfonamides is 1. The van der Waals surface area contributed by atoms with Crippen LogP contribution in [-0.4, -0.2) is 26.6 Å². The van der Waals surface area contributed by atoms with Crippen molar-refractivity contribution >= 4 is 27.3 Å². The Morgan fingerprint density at radius 2 is 2.25 bits per heavy atom. The summed E-state index contributed by atoms with van der Waals surface area (Å²) in [7, 11) is -3.42. The third kappa shape index (κ3) is 5.84. The Bertz CT molecular complexity index is 426. The van der Waals surface area contributed by atoms with Crippen molar-refractivity contribution in [3.8, 4) is 0 Å². The lowest BCUT2D eigenvalue weighted by Crippen LogP contribution is -2.28. The highest BCUT2D eigenvalue weighted by molar-refractivity contribution is 7.89. The molecule has 0 aliphatic heterocycles. The minimum atomic E-state index is -3.42. The molecule has 1 rings (SSSR count). The van der Waals surface area contributed by atoms with Crippen LogP contribution in [0.2, 0.25) is 0 Å². The fourth-order valence-electron chi connectivity index (χ4n) is 1.14. The molecule has 7 heteroatoms. The monoisotopic (exact) mass is 262 g/mol. The van der Waals surface area contributed by atoms with E-state index in [1.54, 1.807) is 0 Å². The number of nitrogens with one attached hydrogen (secondary N) is 1. The third-order valence-electron chi connectivity index (χ3n) is 1.87. The summed E-state index contributed by atoms with van der Waals surface area (Å²) in [5.41, 5.74) is 0.967. The first-order valence-electron chi connectivity index (χ1n) is 4.75. The second-order valence-electron chi connectivity index (χ2n) is 3.38. The van der Waals surface area contributed by atoms with Crippen LogP contribution in [0, 0.1) is 0 Å². The van der Waals surface area contributed by atoms with Gasteiger partial charge in [0.25, 0.3) is 0 Å². The Hall–Kier alpha value is -0.920. The van der Waals surface area contributed by atoms with Gasteiger partial charge >= 0.3 is 0 Å². The van der Waals surface area contributed by atoms with E-state index in [4.69, 9.17) is 5.14 Å². The van der Waals surface area contributed by atoms with Gasteiger partial charge in [-0.1, -0.05) is 0 Å². The van der Waals surface area contributed by atoms with Gasteiger partial charge in [0.2, 0.25) is 15.9 Å². The first kappa shape index (κ1) is 13.1. The Balaban J connectivity index is 2.16. The highest BCUT2D eigenvalue weighted by Crippen LogP contribution is 2.06. The fourth-order valence-corrected chi connectivity index (χ4v) is 2.36. The Morgan fingerprint density at radius 1 is 1.50 bits per heavy atom. The summed E-state index contributed by atoms with van der Waals surface area (Å²) in [6, 6.07) is 1.88. The summed E-state index contributed by atoms with van der Waals surface area (Å²) >= 11 is 1.54. The number of carbonyl (C=O) groups excluding carboxylic acids is 1. The highest BCUT2D eigenvalue weighted by Gasteiger charge is 2.05. The van der Waals surface area contributed by atoms with E-state index in [9.17, 15) is 13.2 Å². The van der Waals surface area contributed by atoms with E-state index < -0.39 is 10.0 Å². The molecular weight excluding hydrogens is 248 g/mol. The molecule has 0 fully saturated rings. The van der Waals surface area contributed by atoms with Crippen LogP contribution in [0.5, 0.6) is 0 Å². The molecule has 16 heavy (non-hydrogen) atoms. The second-order valence-corrected chi connectivity index (χ2v) is 5.89. The van der Waals surface area contributed by atoms with Crippen molar-refractivity contribution in [2.45, 2.75) is 12.8 Å². The summed E-state index contributed by atoms with van der Waals surface area (Å²) in [5, 5.41) is 11.3. The fraction of sp³-hybridized carbons (Fsp3) is 0.444. The van der Waals surface area contributed by atoms with Crippen molar-refractivity contribution in [3.05, 3.63) is 22.4 Å². The molecule has 0 aliphatic rings. The van der Waals surface area contributed by atoms with Crippen molar-refractivity contribution in [1.29, 1.82) is 0 Å². The van der Waals surface area contributed by atoms with Crippen LogP contribution in [0.25, 0.3) is 0 Å². The predicted octanol–water partition coefficient (Wildman–Crippen LogP) is 0.0854. The molecule has 0 spiro atoms. The van der Waals surface area contributed by atoms with Crippen LogP contribution in [0.4, 0.5) is 0 Å². The molecule has 0 aliphatic carbocycles. The zero-order valence-electron chi connectivity index (χ0n) is 8.68. The topological polar surface area (TPSA) is 89.3 Å². The number of hydrogen-bond acceptors (Lipinski definition) is 4. The summed E-state index contributed by atoms with van der Waals surface area (Å²) in [5.74, 6) is -0.209. The molecule has 5 nitrogen and oxygen atoms in total. The number of rotatable bonds is 6. The molecule has 0 bridgehead atoms. The van der Waals surface area contributed by atoms with Gasteiger partial charge < -0.3 is 5.32 Å². The number of hydrogen-bond donors (Lipinski definition) is 2. The predicted molar refractivity (Wildman–Crippen MR) is 63.6 cm³/mol. The van der Waals surface area contributed by atoms with Gasteiger partial charge in [-0.3, -0.25) is 4.79 Å². The van der Waals surface area contributed by atoms with Gasteiger partial charge in [0.15, 0.2) is 0 Å². The third-order valence-corrected chi connectivity index (χ3v) is 3.46. The van der Waals surface area contributed by atoms with Crippen LogP contribution in [-0.2, 0) is 21.2 Å². The van der Waals surface area contributed by atoms with E-state index in [0.29, 0.717) is 19.4 Å². The molecule has 0 aromatic carbocycles. The minimum Gasteiger partial charge on any atom is -0.356 e. The van der Waals surface area contributed by atoms with E-state index in [1.165, 1.54) is 11.3 Å². The van der Waals surface area contributed by atoms with Crippen LogP contribution in [0.3, 0.4) is 0 Å². The molecule has 3 N–H and O–H groups in total. The number of primary sulfonamides is 1. The molecule has 1 amide bonds. The standard InChI is InChI=1S/C9H14N2O3S2/c10-16(13,14)5-1-3-11-9(12)6-8-2-4-15-7-8/h2,4,7H,1,3,5-6H2,(H,11,12)(H2,10,13,14). The van der Waals surface area contributed by atoms with E-state index in [2.05, 4.69) is 5.32 Å². The summed E-state index contributed by atoms with van der Waals surface area (Å²) < 4.78 is 21.2. The molecule has 0 atom stereocenters. The lowest BCUT2D eigenvalue weighted by molar-refractivity contribution is -0.120. The lowest BCUT2D eigenvalue weighted by Gasteiger charge is -2.03. The number of carbonyl (C=O) groups is 1. The maximum atomic E-state index is 11.3. The largest absolute Gasteiger partial charge is 0.356 e. The lowest BCUT2D eigenvalue weighted by atomic mass is 10.2. The quantitative estimate of drug-likeness (QED) is 0.712. The normalized spacial score (nSPS) is 11.3. The Labute approximate surface area is 98.7 Å². The molecule has 0 unspecified atom stereocenters. The smallest absolute Gasteiger partial charge is 0.224 e. The van der Waals surface area contributed by atoms with E-state index in [-0.39, 0.29) is 11.7 Å².